The standard InChI is InChI=1S/C15H22ClN3O/c1-19(2)14-9-8-11(16)10-13(14)18-15(20)17-12-6-4-3-5-7-12/h8-10,12H,3-7H2,1-2H3,(H2,17,18,20). The third-order valence-electron chi connectivity index (χ3n) is 3.63. The molecule has 0 atom stereocenters. The van der Waals surface area contributed by atoms with Gasteiger partial charge < -0.3 is 15.5 Å². The monoisotopic (exact) mass is 295 g/mol. The molecule has 2 N–H and O–H groups in total. The maximum Gasteiger partial charge on any atom is 0.319 e. The van der Waals surface area contributed by atoms with Gasteiger partial charge in [-0.2, -0.15) is 0 Å². The number of halogens is 1. The number of anilines is 2. The molecular formula is C15H22ClN3O. The summed E-state index contributed by atoms with van der Waals surface area (Å²) in [6.07, 6.45) is 5.82. The van der Waals surface area contributed by atoms with Crippen molar-refractivity contribution in [1.82, 2.24) is 5.32 Å². The first-order valence-corrected chi connectivity index (χ1v) is 7.48. The van der Waals surface area contributed by atoms with Gasteiger partial charge in [0.2, 0.25) is 0 Å². The zero-order valence-electron chi connectivity index (χ0n) is 12.1. The summed E-state index contributed by atoms with van der Waals surface area (Å²) in [5.41, 5.74) is 1.67. The number of amides is 2. The maximum atomic E-state index is 12.1. The molecule has 1 saturated carbocycles. The Morgan fingerprint density at radius 3 is 2.60 bits per heavy atom. The molecule has 5 heteroatoms. The van der Waals surface area contributed by atoms with Gasteiger partial charge in [-0.15, -0.1) is 0 Å². The fourth-order valence-electron chi connectivity index (χ4n) is 2.59. The Morgan fingerprint density at radius 2 is 1.95 bits per heavy atom. The van der Waals surface area contributed by atoms with Gasteiger partial charge in [0.15, 0.2) is 0 Å². The van der Waals surface area contributed by atoms with Crippen molar-refractivity contribution < 1.29 is 4.79 Å². The van der Waals surface area contributed by atoms with Crippen LogP contribution in [0, 0.1) is 0 Å². The molecule has 2 amide bonds. The molecule has 1 aromatic carbocycles. The summed E-state index contributed by atoms with van der Waals surface area (Å²) in [6.45, 7) is 0. The van der Waals surface area contributed by atoms with Crippen molar-refractivity contribution >= 4 is 29.0 Å². The number of carbonyl (C=O) groups is 1. The van der Waals surface area contributed by atoms with E-state index in [0.717, 1.165) is 24.2 Å². The molecule has 0 unspecified atom stereocenters. The highest BCUT2D eigenvalue weighted by molar-refractivity contribution is 6.31. The normalized spacial score (nSPS) is 15.8. The molecule has 0 spiro atoms. The summed E-state index contributed by atoms with van der Waals surface area (Å²) in [5.74, 6) is 0. The summed E-state index contributed by atoms with van der Waals surface area (Å²) in [7, 11) is 3.88. The summed E-state index contributed by atoms with van der Waals surface area (Å²) >= 11 is 6.01. The number of nitrogens with zero attached hydrogens (tertiary/aromatic N) is 1. The first kappa shape index (κ1) is 15.0. The Labute approximate surface area is 125 Å². The van der Waals surface area contributed by atoms with Crippen molar-refractivity contribution in [1.29, 1.82) is 0 Å². The highest BCUT2D eigenvalue weighted by Gasteiger charge is 2.16. The van der Waals surface area contributed by atoms with E-state index in [-0.39, 0.29) is 6.03 Å². The molecule has 1 aromatic rings. The van der Waals surface area contributed by atoms with Crippen molar-refractivity contribution in [2.75, 3.05) is 24.3 Å². The lowest BCUT2D eigenvalue weighted by molar-refractivity contribution is 0.244. The molecule has 0 heterocycles. The molecule has 1 fully saturated rings. The molecule has 4 nitrogen and oxygen atoms in total. The highest BCUT2D eigenvalue weighted by Crippen LogP contribution is 2.27. The maximum absolute atomic E-state index is 12.1. The van der Waals surface area contributed by atoms with E-state index in [9.17, 15) is 4.79 Å². The van der Waals surface area contributed by atoms with Gasteiger partial charge >= 0.3 is 6.03 Å². The number of rotatable bonds is 3. The summed E-state index contributed by atoms with van der Waals surface area (Å²) in [6, 6.07) is 5.64. The van der Waals surface area contributed by atoms with Crippen molar-refractivity contribution in [3.05, 3.63) is 23.2 Å². The predicted molar refractivity (Wildman–Crippen MR) is 84.8 cm³/mol. The van der Waals surface area contributed by atoms with Crippen molar-refractivity contribution in [2.24, 2.45) is 0 Å². The molecule has 0 aliphatic heterocycles. The van der Waals surface area contributed by atoms with Crippen LogP contribution in [0.1, 0.15) is 32.1 Å². The van der Waals surface area contributed by atoms with Crippen LogP contribution in [0.2, 0.25) is 5.02 Å². The average Bonchev–Trinajstić information content (AvgIpc) is 2.39. The molecule has 110 valence electrons. The summed E-state index contributed by atoms with van der Waals surface area (Å²) in [5, 5.41) is 6.56. The zero-order valence-corrected chi connectivity index (χ0v) is 12.8. The number of benzene rings is 1. The largest absolute Gasteiger partial charge is 0.376 e. The lowest BCUT2D eigenvalue weighted by Crippen LogP contribution is -2.39. The minimum atomic E-state index is -0.151. The molecule has 20 heavy (non-hydrogen) atoms. The van der Waals surface area contributed by atoms with Gasteiger partial charge in [-0.1, -0.05) is 30.9 Å². The SMILES string of the molecule is CN(C)c1ccc(Cl)cc1NC(=O)NC1CCCCC1. The second-order valence-corrected chi connectivity index (χ2v) is 5.93. The van der Waals surface area contributed by atoms with Crippen LogP contribution in [-0.4, -0.2) is 26.2 Å². The first-order chi connectivity index (χ1) is 9.56. The van der Waals surface area contributed by atoms with Gasteiger partial charge in [0.05, 0.1) is 11.4 Å². The van der Waals surface area contributed by atoms with Crippen LogP contribution < -0.4 is 15.5 Å². The van der Waals surface area contributed by atoms with Crippen molar-refractivity contribution in [2.45, 2.75) is 38.1 Å². The van der Waals surface area contributed by atoms with Crippen LogP contribution >= 0.6 is 11.6 Å². The topological polar surface area (TPSA) is 44.4 Å². The van der Waals surface area contributed by atoms with Gasteiger partial charge in [0, 0.05) is 25.2 Å². The smallest absolute Gasteiger partial charge is 0.319 e. The van der Waals surface area contributed by atoms with E-state index < -0.39 is 0 Å². The second kappa shape index (κ2) is 6.84. The quantitative estimate of drug-likeness (QED) is 0.889. The van der Waals surface area contributed by atoms with E-state index in [1.807, 2.05) is 31.1 Å². The molecule has 0 bridgehead atoms. The van der Waals surface area contributed by atoms with Gasteiger partial charge in [-0.05, 0) is 31.0 Å². The van der Waals surface area contributed by atoms with E-state index in [0.29, 0.717) is 11.1 Å². The molecule has 0 aromatic heterocycles. The summed E-state index contributed by atoms with van der Waals surface area (Å²) < 4.78 is 0. The second-order valence-electron chi connectivity index (χ2n) is 5.49. The fourth-order valence-corrected chi connectivity index (χ4v) is 2.76. The predicted octanol–water partition coefficient (Wildman–Crippen LogP) is 3.86. The molecule has 2 rings (SSSR count). The molecule has 0 radical (unpaired) electrons. The number of hydrogen-bond donors (Lipinski definition) is 2. The number of carbonyl (C=O) groups excluding carboxylic acids is 1. The van der Waals surface area contributed by atoms with E-state index in [4.69, 9.17) is 11.6 Å². The third kappa shape index (κ3) is 4.04. The van der Waals surface area contributed by atoms with Crippen LogP contribution in [0.4, 0.5) is 16.2 Å². The first-order valence-electron chi connectivity index (χ1n) is 7.10. The average molecular weight is 296 g/mol. The Morgan fingerprint density at radius 1 is 1.25 bits per heavy atom. The van der Waals surface area contributed by atoms with Crippen LogP contribution in [0.5, 0.6) is 0 Å². The van der Waals surface area contributed by atoms with Crippen LogP contribution in [0.25, 0.3) is 0 Å². The van der Waals surface area contributed by atoms with E-state index in [1.54, 1.807) is 6.07 Å². The Hall–Kier alpha value is -1.42. The lowest BCUT2D eigenvalue weighted by Gasteiger charge is -2.24. The van der Waals surface area contributed by atoms with Gasteiger partial charge in [-0.25, -0.2) is 4.79 Å². The number of urea groups is 1. The van der Waals surface area contributed by atoms with E-state index in [1.165, 1.54) is 19.3 Å². The Balaban J connectivity index is 2.01. The molecule has 1 aliphatic carbocycles. The van der Waals surface area contributed by atoms with E-state index >= 15 is 0 Å². The minimum absolute atomic E-state index is 0.151. The Bertz CT molecular complexity index is 470. The van der Waals surface area contributed by atoms with E-state index in [2.05, 4.69) is 10.6 Å². The fraction of sp³-hybridized carbons (Fsp3) is 0.533. The number of nitrogens with one attached hydrogen (secondary N) is 2. The molecule has 1 aliphatic rings. The van der Waals surface area contributed by atoms with Gasteiger partial charge in [-0.3, -0.25) is 0 Å². The zero-order chi connectivity index (χ0) is 14.5. The Kier molecular flexibility index (Phi) is 5.12. The number of hydrogen-bond acceptors (Lipinski definition) is 2. The van der Waals surface area contributed by atoms with Crippen LogP contribution in [0.15, 0.2) is 18.2 Å². The van der Waals surface area contributed by atoms with Crippen LogP contribution in [0.3, 0.4) is 0 Å². The van der Waals surface area contributed by atoms with Crippen molar-refractivity contribution in [3.8, 4) is 0 Å². The third-order valence-corrected chi connectivity index (χ3v) is 3.86. The lowest BCUT2D eigenvalue weighted by atomic mass is 9.96. The van der Waals surface area contributed by atoms with Gasteiger partial charge in [0.1, 0.15) is 0 Å². The summed E-state index contributed by atoms with van der Waals surface area (Å²) in [4.78, 5) is 14.0. The van der Waals surface area contributed by atoms with Crippen molar-refractivity contribution in [3.63, 3.8) is 0 Å². The minimum Gasteiger partial charge on any atom is -0.376 e. The molecule has 0 saturated heterocycles. The highest BCUT2D eigenvalue weighted by atomic mass is 35.5. The van der Waals surface area contributed by atoms with Crippen LogP contribution in [-0.2, 0) is 0 Å². The van der Waals surface area contributed by atoms with Gasteiger partial charge in [0.25, 0.3) is 0 Å². The molecular weight excluding hydrogens is 274 g/mol.